The van der Waals surface area contributed by atoms with Crippen LogP contribution in [0.4, 0.5) is 10.8 Å². The highest BCUT2D eigenvalue weighted by Gasteiger charge is 2.25. The minimum Gasteiger partial charge on any atom is -0.351 e. The number of fused-ring (bicyclic) bond motifs is 1. The third kappa shape index (κ3) is 3.93. The normalized spacial score (nSPS) is 13.4. The Hall–Kier alpha value is -3.00. The standard InChI is InChI=1S/C21H22N4O3S/c1-12(2)20(27)25-8-4-5-15-10-14(6-7-17(15)25)16-11-29-21(22-16)23-19(26)18-9-13(3)24-28-18/h6-7,9-12H,4-5,8H2,1-3H3,(H,22,23,26). The molecule has 2 aromatic heterocycles. The number of nitrogens with one attached hydrogen (secondary N) is 1. The van der Waals surface area contributed by atoms with Crippen LogP contribution in [0, 0.1) is 12.8 Å². The molecule has 0 unspecified atom stereocenters. The van der Waals surface area contributed by atoms with E-state index in [1.54, 1.807) is 13.0 Å². The predicted octanol–water partition coefficient (Wildman–Crippen LogP) is 4.29. The van der Waals surface area contributed by atoms with Crippen molar-refractivity contribution < 1.29 is 14.1 Å². The number of carbonyl (C=O) groups excluding carboxylic acids is 2. The molecule has 1 aliphatic heterocycles. The second-order valence-electron chi connectivity index (χ2n) is 7.42. The van der Waals surface area contributed by atoms with Crippen LogP contribution < -0.4 is 10.2 Å². The Labute approximate surface area is 172 Å². The van der Waals surface area contributed by atoms with Crippen molar-refractivity contribution >= 4 is 34.0 Å². The number of carbonyl (C=O) groups is 2. The molecule has 7 nitrogen and oxygen atoms in total. The molecule has 3 heterocycles. The Morgan fingerprint density at radius 3 is 2.83 bits per heavy atom. The molecule has 0 radical (unpaired) electrons. The summed E-state index contributed by atoms with van der Waals surface area (Å²) in [5, 5.41) is 8.86. The molecule has 1 N–H and O–H groups in total. The van der Waals surface area contributed by atoms with Crippen LogP contribution in [0.5, 0.6) is 0 Å². The van der Waals surface area contributed by atoms with Gasteiger partial charge in [-0.1, -0.05) is 25.1 Å². The van der Waals surface area contributed by atoms with E-state index in [1.807, 2.05) is 36.3 Å². The van der Waals surface area contributed by atoms with E-state index in [1.165, 1.54) is 11.3 Å². The van der Waals surface area contributed by atoms with Gasteiger partial charge in [0.05, 0.1) is 11.4 Å². The van der Waals surface area contributed by atoms with E-state index in [2.05, 4.69) is 21.5 Å². The smallest absolute Gasteiger partial charge is 0.296 e. The van der Waals surface area contributed by atoms with E-state index in [0.717, 1.165) is 41.9 Å². The van der Waals surface area contributed by atoms with Gasteiger partial charge in [0.25, 0.3) is 5.91 Å². The number of anilines is 2. The largest absolute Gasteiger partial charge is 0.351 e. The lowest BCUT2D eigenvalue weighted by molar-refractivity contribution is -0.121. The van der Waals surface area contributed by atoms with E-state index in [9.17, 15) is 9.59 Å². The number of benzene rings is 1. The molecule has 0 fully saturated rings. The molecular formula is C21H22N4O3S. The fraction of sp³-hybridized carbons (Fsp3) is 0.333. The first kappa shape index (κ1) is 19.3. The lowest BCUT2D eigenvalue weighted by Gasteiger charge is -2.31. The fourth-order valence-corrected chi connectivity index (χ4v) is 4.10. The summed E-state index contributed by atoms with van der Waals surface area (Å²) in [5.41, 5.74) is 4.54. The Morgan fingerprint density at radius 1 is 1.28 bits per heavy atom. The Bertz CT molecular complexity index is 1070. The van der Waals surface area contributed by atoms with Gasteiger partial charge in [0, 0.05) is 35.2 Å². The molecule has 2 amide bonds. The number of rotatable bonds is 4. The monoisotopic (exact) mass is 410 g/mol. The van der Waals surface area contributed by atoms with Crippen LogP contribution in [0.25, 0.3) is 11.3 Å². The van der Waals surface area contributed by atoms with Crippen LogP contribution in [-0.2, 0) is 11.2 Å². The van der Waals surface area contributed by atoms with Crippen LogP contribution in [0.3, 0.4) is 0 Å². The number of amides is 2. The molecule has 0 spiro atoms. The highest BCUT2D eigenvalue weighted by molar-refractivity contribution is 7.14. The molecule has 0 bridgehead atoms. The average Bonchev–Trinajstić information content (AvgIpc) is 3.35. The number of hydrogen-bond donors (Lipinski definition) is 1. The van der Waals surface area contributed by atoms with Gasteiger partial charge in [0.2, 0.25) is 11.7 Å². The molecule has 0 saturated carbocycles. The second-order valence-corrected chi connectivity index (χ2v) is 8.27. The molecule has 1 aromatic carbocycles. The first-order valence-electron chi connectivity index (χ1n) is 9.57. The first-order valence-corrected chi connectivity index (χ1v) is 10.4. The zero-order valence-corrected chi connectivity index (χ0v) is 17.4. The van der Waals surface area contributed by atoms with E-state index in [0.29, 0.717) is 10.8 Å². The molecule has 0 aliphatic carbocycles. The molecule has 0 atom stereocenters. The quantitative estimate of drug-likeness (QED) is 0.693. The van der Waals surface area contributed by atoms with Gasteiger partial charge in [-0.2, -0.15) is 0 Å². The van der Waals surface area contributed by atoms with Gasteiger partial charge < -0.3 is 9.42 Å². The van der Waals surface area contributed by atoms with Crippen molar-refractivity contribution in [3.8, 4) is 11.3 Å². The molecule has 3 aromatic rings. The van der Waals surface area contributed by atoms with Gasteiger partial charge in [-0.3, -0.25) is 14.9 Å². The fourth-order valence-electron chi connectivity index (χ4n) is 3.39. The van der Waals surface area contributed by atoms with Crippen LogP contribution >= 0.6 is 11.3 Å². The van der Waals surface area contributed by atoms with Crippen molar-refractivity contribution in [1.29, 1.82) is 0 Å². The van der Waals surface area contributed by atoms with E-state index >= 15 is 0 Å². The molecule has 0 saturated heterocycles. The summed E-state index contributed by atoms with van der Waals surface area (Å²) >= 11 is 1.35. The summed E-state index contributed by atoms with van der Waals surface area (Å²) in [6.07, 6.45) is 1.88. The maximum Gasteiger partial charge on any atom is 0.296 e. The van der Waals surface area contributed by atoms with Gasteiger partial charge in [0.1, 0.15) is 0 Å². The van der Waals surface area contributed by atoms with Crippen molar-refractivity contribution in [2.75, 3.05) is 16.8 Å². The number of nitrogens with zero attached hydrogens (tertiary/aromatic N) is 3. The second kappa shape index (κ2) is 7.79. The molecule has 29 heavy (non-hydrogen) atoms. The van der Waals surface area contributed by atoms with Gasteiger partial charge in [0.15, 0.2) is 5.13 Å². The van der Waals surface area contributed by atoms with Crippen molar-refractivity contribution in [2.45, 2.75) is 33.6 Å². The number of aryl methyl sites for hydroxylation is 2. The minimum atomic E-state index is -0.375. The predicted molar refractivity (Wildman–Crippen MR) is 112 cm³/mol. The molecule has 1 aliphatic rings. The lowest BCUT2D eigenvalue weighted by Crippen LogP contribution is -2.38. The van der Waals surface area contributed by atoms with Crippen LogP contribution in [0.15, 0.2) is 34.2 Å². The molecule has 8 heteroatoms. The zero-order valence-electron chi connectivity index (χ0n) is 16.6. The average molecular weight is 410 g/mol. The van der Waals surface area contributed by atoms with Crippen molar-refractivity contribution in [3.63, 3.8) is 0 Å². The Kier molecular flexibility index (Phi) is 5.19. The summed E-state index contributed by atoms with van der Waals surface area (Å²) in [5.74, 6) is -0.0961. The van der Waals surface area contributed by atoms with Gasteiger partial charge in [-0.15, -0.1) is 11.3 Å². The Balaban J connectivity index is 1.54. The minimum absolute atomic E-state index is 0.0292. The third-order valence-corrected chi connectivity index (χ3v) is 5.59. The van der Waals surface area contributed by atoms with Crippen LogP contribution in [0.1, 0.15) is 42.1 Å². The van der Waals surface area contributed by atoms with Crippen molar-refractivity contribution in [2.24, 2.45) is 5.92 Å². The maximum absolute atomic E-state index is 12.5. The summed E-state index contributed by atoms with van der Waals surface area (Å²) in [4.78, 5) is 31.1. The SMILES string of the molecule is Cc1cc(C(=O)Nc2nc(-c3ccc4c(c3)CCCN4C(=O)C(C)C)cs2)on1. The topological polar surface area (TPSA) is 88.3 Å². The van der Waals surface area contributed by atoms with E-state index in [-0.39, 0.29) is 23.5 Å². The van der Waals surface area contributed by atoms with E-state index in [4.69, 9.17) is 4.52 Å². The van der Waals surface area contributed by atoms with Crippen molar-refractivity contribution in [1.82, 2.24) is 10.1 Å². The Morgan fingerprint density at radius 2 is 2.10 bits per heavy atom. The highest BCUT2D eigenvalue weighted by Crippen LogP contribution is 2.33. The van der Waals surface area contributed by atoms with Gasteiger partial charge in [-0.05, 0) is 37.5 Å². The number of aromatic nitrogens is 2. The van der Waals surface area contributed by atoms with Gasteiger partial charge in [-0.25, -0.2) is 4.98 Å². The zero-order chi connectivity index (χ0) is 20.5. The van der Waals surface area contributed by atoms with E-state index < -0.39 is 0 Å². The first-order chi connectivity index (χ1) is 13.9. The van der Waals surface area contributed by atoms with Crippen molar-refractivity contribution in [3.05, 3.63) is 46.7 Å². The third-order valence-electron chi connectivity index (χ3n) is 4.83. The van der Waals surface area contributed by atoms with Gasteiger partial charge >= 0.3 is 0 Å². The summed E-state index contributed by atoms with van der Waals surface area (Å²) in [7, 11) is 0. The lowest BCUT2D eigenvalue weighted by atomic mass is 9.97. The number of thiazole rings is 1. The summed E-state index contributed by atoms with van der Waals surface area (Å²) in [6.45, 7) is 6.37. The van der Waals surface area contributed by atoms with Crippen LogP contribution in [0.2, 0.25) is 0 Å². The summed E-state index contributed by atoms with van der Waals surface area (Å²) in [6, 6.07) is 7.65. The maximum atomic E-state index is 12.5. The number of hydrogen-bond acceptors (Lipinski definition) is 6. The molecular weight excluding hydrogens is 388 g/mol. The summed E-state index contributed by atoms with van der Waals surface area (Å²) < 4.78 is 4.98. The molecule has 4 rings (SSSR count). The van der Waals surface area contributed by atoms with Crippen LogP contribution in [-0.4, -0.2) is 28.5 Å². The molecule has 150 valence electrons. The highest BCUT2D eigenvalue weighted by atomic mass is 32.1.